The fourth-order valence-corrected chi connectivity index (χ4v) is 4.33. The van der Waals surface area contributed by atoms with Crippen LogP contribution < -0.4 is 14.3 Å². The van der Waals surface area contributed by atoms with Crippen molar-refractivity contribution < 1.29 is 19.2 Å². The van der Waals surface area contributed by atoms with Crippen molar-refractivity contribution >= 4 is 44.7 Å². The number of aryl methyl sites for hydroxylation is 1. The van der Waals surface area contributed by atoms with Gasteiger partial charge in [-0.1, -0.05) is 29.9 Å². The molecule has 10 heteroatoms. The molecule has 1 amide bonds. The van der Waals surface area contributed by atoms with Gasteiger partial charge in [-0.05, 0) is 12.5 Å². The van der Waals surface area contributed by atoms with Gasteiger partial charge in [0, 0.05) is 30.8 Å². The summed E-state index contributed by atoms with van der Waals surface area (Å²) in [6.07, 6.45) is 0.833. The molecule has 1 aromatic heterocycles. The number of thiazole rings is 1. The lowest BCUT2D eigenvalue weighted by atomic mass is 10.2. The van der Waals surface area contributed by atoms with Gasteiger partial charge in [-0.2, -0.15) is 4.99 Å². The monoisotopic (exact) mass is 433 g/mol. The maximum Gasteiger partial charge on any atom is 0.281 e. The van der Waals surface area contributed by atoms with Crippen molar-refractivity contribution in [1.29, 1.82) is 0 Å². The van der Waals surface area contributed by atoms with Crippen LogP contribution in [0.15, 0.2) is 35.3 Å². The average Bonchev–Trinajstić information content (AvgIpc) is 3.02. The summed E-state index contributed by atoms with van der Waals surface area (Å²) in [5.74, 6) is 0.687. The number of nitro benzene ring substituents is 1. The molecule has 0 fully saturated rings. The fraction of sp³-hybridized carbons (Fsp3) is 0.263. The number of carbonyl (C=O) groups is 1. The normalized spacial score (nSPS) is 13.7. The van der Waals surface area contributed by atoms with Crippen molar-refractivity contribution in [3.05, 3.63) is 55.8 Å². The molecule has 0 spiro atoms. The summed E-state index contributed by atoms with van der Waals surface area (Å²) in [7, 11) is 0. The number of non-ortho nitro benzene ring substituents is 1. The van der Waals surface area contributed by atoms with Crippen LogP contribution in [0, 0.1) is 10.1 Å². The van der Waals surface area contributed by atoms with Gasteiger partial charge >= 0.3 is 0 Å². The number of fused-ring (bicyclic) bond motifs is 2. The minimum atomic E-state index is -0.632. The highest BCUT2D eigenvalue weighted by molar-refractivity contribution is 7.16. The van der Waals surface area contributed by atoms with Crippen LogP contribution in [-0.2, 0) is 6.54 Å². The molecule has 2 heterocycles. The van der Waals surface area contributed by atoms with Crippen LogP contribution in [0.4, 0.5) is 5.69 Å². The molecule has 150 valence electrons. The Hall–Kier alpha value is -2.91. The summed E-state index contributed by atoms with van der Waals surface area (Å²) in [6, 6.07) is 7.49. The van der Waals surface area contributed by atoms with E-state index in [9.17, 15) is 14.9 Å². The van der Waals surface area contributed by atoms with E-state index in [2.05, 4.69) is 4.99 Å². The molecule has 0 radical (unpaired) electrons. The van der Waals surface area contributed by atoms with Crippen LogP contribution in [0.2, 0.25) is 5.02 Å². The first kappa shape index (κ1) is 19.4. The van der Waals surface area contributed by atoms with Crippen molar-refractivity contribution in [1.82, 2.24) is 4.57 Å². The van der Waals surface area contributed by atoms with E-state index < -0.39 is 10.8 Å². The second-order valence-corrected chi connectivity index (χ2v) is 7.75. The third-order valence-corrected chi connectivity index (χ3v) is 5.75. The molecule has 4 rings (SSSR count). The Balaban J connectivity index is 1.85. The lowest BCUT2D eigenvalue weighted by molar-refractivity contribution is -0.384. The molecule has 3 aromatic rings. The van der Waals surface area contributed by atoms with Crippen LogP contribution in [0.3, 0.4) is 0 Å². The quantitative estimate of drug-likeness (QED) is 0.454. The average molecular weight is 434 g/mol. The SMILES string of the molecule is CCCn1c(=NC(=O)c2cc([N+](=O)[O-])ccc2Cl)sc2cc3c(cc21)OCCO3. The van der Waals surface area contributed by atoms with Crippen molar-refractivity contribution in [2.45, 2.75) is 19.9 Å². The molecule has 8 nitrogen and oxygen atoms in total. The molecule has 0 atom stereocenters. The van der Waals surface area contributed by atoms with Crippen molar-refractivity contribution in [3.8, 4) is 11.5 Å². The first-order chi connectivity index (χ1) is 14.0. The number of halogens is 1. The zero-order valence-corrected chi connectivity index (χ0v) is 17.0. The summed E-state index contributed by atoms with van der Waals surface area (Å²) in [5, 5.41) is 11.1. The Morgan fingerprint density at radius 3 is 2.69 bits per heavy atom. The minimum absolute atomic E-state index is 0.00710. The van der Waals surface area contributed by atoms with E-state index in [4.69, 9.17) is 21.1 Å². The van der Waals surface area contributed by atoms with E-state index >= 15 is 0 Å². The standard InChI is InChI=1S/C19H16ClN3O5S/c1-2-5-22-14-9-15-16(28-7-6-27-15)10-17(14)29-19(22)21-18(24)12-8-11(23(25)26)3-4-13(12)20/h3-4,8-10H,2,5-7H2,1H3. The Morgan fingerprint density at radius 1 is 1.28 bits per heavy atom. The van der Waals surface area contributed by atoms with E-state index in [1.54, 1.807) is 0 Å². The number of ether oxygens (including phenoxy) is 2. The maximum absolute atomic E-state index is 12.8. The molecule has 2 aromatic carbocycles. The first-order valence-electron chi connectivity index (χ1n) is 8.94. The summed E-state index contributed by atoms with van der Waals surface area (Å²) in [4.78, 5) is 27.9. The molecule has 1 aliphatic heterocycles. The highest BCUT2D eigenvalue weighted by atomic mass is 35.5. The summed E-state index contributed by atoms with van der Waals surface area (Å²) in [5.41, 5.74) is 0.665. The number of hydrogen-bond donors (Lipinski definition) is 0. The third kappa shape index (κ3) is 3.70. The van der Waals surface area contributed by atoms with Crippen molar-refractivity contribution in [2.75, 3.05) is 13.2 Å². The van der Waals surface area contributed by atoms with Gasteiger partial charge in [0.1, 0.15) is 13.2 Å². The van der Waals surface area contributed by atoms with Crippen LogP contribution in [0.5, 0.6) is 11.5 Å². The highest BCUT2D eigenvalue weighted by Gasteiger charge is 2.18. The molecule has 0 saturated carbocycles. The molecule has 29 heavy (non-hydrogen) atoms. The lowest BCUT2D eigenvalue weighted by Crippen LogP contribution is -2.17. The molecule has 1 aliphatic rings. The van der Waals surface area contributed by atoms with Gasteiger partial charge in [-0.3, -0.25) is 14.9 Å². The van der Waals surface area contributed by atoms with Gasteiger partial charge in [0.15, 0.2) is 16.3 Å². The number of nitrogens with zero attached hydrogens (tertiary/aromatic N) is 3. The number of amides is 1. The highest BCUT2D eigenvalue weighted by Crippen LogP contribution is 2.35. The smallest absolute Gasteiger partial charge is 0.281 e. The third-order valence-electron chi connectivity index (χ3n) is 4.38. The number of nitro groups is 1. The zero-order chi connectivity index (χ0) is 20.5. The summed E-state index contributed by atoms with van der Waals surface area (Å²) >= 11 is 7.43. The number of hydrogen-bond acceptors (Lipinski definition) is 6. The van der Waals surface area contributed by atoms with E-state index in [1.165, 1.54) is 23.5 Å². The first-order valence-corrected chi connectivity index (χ1v) is 10.1. The van der Waals surface area contributed by atoms with E-state index in [-0.39, 0.29) is 16.3 Å². The van der Waals surface area contributed by atoms with Crippen LogP contribution in [0.25, 0.3) is 10.2 Å². The minimum Gasteiger partial charge on any atom is -0.486 e. The molecule has 0 bridgehead atoms. The molecular weight excluding hydrogens is 418 g/mol. The topological polar surface area (TPSA) is 96.0 Å². The molecule has 0 unspecified atom stereocenters. The van der Waals surface area contributed by atoms with Crippen LogP contribution in [-0.4, -0.2) is 28.6 Å². The Labute approximate surface area is 174 Å². The van der Waals surface area contributed by atoms with E-state index in [1.807, 2.05) is 23.6 Å². The predicted octanol–water partition coefficient (Wildman–Crippen LogP) is 4.19. The second kappa shape index (κ2) is 7.84. The Bertz CT molecular complexity index is 1200. The number of aromatic nitrogens is 1. The Morgan fingerprint density at radius 2 is 2.00 bits per heavy atom. The molecule has 0 saturated heterocycles. The summed E-state index contributed by atoms with van der Waals surface area (Å²) < 4.78 is 14.1. The van der Waals surface area contributed by atoms with Gasteiger partial charge in [0.05, 0.1) is 25.7 Å². The molecule has 0 aliphatic carbocycles. The number of carbonyl (C=O) groups excluding carboxylic acids is 1. The second-order valence-electron chi connectivity index (χ2n) is 6.34. The van der Waals surface area contributed by atoms with E-state index in [0.717, 1.165) is 22.7 Å². The fourth-order valence-electron chi connectivity index (χ4n) is 3.07. The largest absolute Gasteiger partial charge is 0.486 e. The lowest BCUT2D eigenvalue weighted by Gasteiger charge is -2.18. The molecular formula is C19H16ClN3O5S. The number of benzene rings is 2. The van der Waals surface area contributed by atoms with Crippen molar-refractivity contribution in [3.63, 3.8) is 0 Å². The maximum atomic E-state index is 12.8. The van der Waals surface area contributed by atoms with Crippen LogP contribution >= 0.6 is 22.9 Å². The van der Waals surface area contributed by atoms with Crippen molar-refractivity contribution in [2.24, 2.45) is 4.99 Å². The number of rotatable bonds is 4. The van der Waals surface area contributed by atoms with Gasteiger partial charge < -0.3 is 14.0 Å². The van der Waals surface area contributed by atoms with Gasteiger partial charge in [-0.25, -0.2) is 0 Å². The van der Waals surface area contributed by atoms with E-state index in [0.29, 0.717) is 36.1 Å². The van der Waals surface area contributed by atoms with Gasteiger partial charge in [0.2, 0.25) is 0 Å². The van der Waals surface area contributed by atoms with Gasteiger partial charge in [-0.15, -0.1) is 0 Å². The summed E-state index contributed by atoms with van der Waals surface area (Å²) in [6.45, 7) is 3.64. The zero-order valence-electron chi connectivity index (χ0n) is 15.4. The van der Waals surface area contributed by atoms with Crippen LogP contribution in [0.1, 0.15) is 23.7 Å². The molecule has 0 N–H and O–H groups in total. The Kier molecular flexibility index (Phi) is 5.25. The van der Waals surface area contributed by atoms with Gasteiger partial charge in [0.25, 0.3) is 11.6 Å². The predicted molar refractivity (Wildman–Crippen MR) is 109 cm³/mol.